The maximum atomic E-state index is 14.3. The van der Waals surface area contributed by atoms with Gasteiger partial charge in [0.1, 0.15) is 5.82 Å². The lowest BCUT2D eigenvalue weighted by Crippen LogP contribution is -2.49. The minimum Gasteiger partial charge on any atom is -0.369 e. The van der Waals surface area contributed by atoms with Gasteiger partial charge in [0, 0.05) is 23.7 Å². The maximum absolute atomic E-state index is 14.3. The van der Waals surface area contributed by atoms with Gasteiger partial charge in [-0.1, -0.05) is 90.5 Å². The molecule has 3 aromatic carbocycles. The molecule has 3 amide bonds. The van der Waals surface area contributed by atoms with Crippen LogP contribution < -0.4 is 16.0 Å². The molecule has 0 bridgehead atoms. The summed E-state index contributed by atoms with van der Waals surface area (Å²) in [5.41, 5.74) is 8.15. The molecule has 0 radical (unpaired) electrons. The summed E-state index contributed by atoms with van der Waals surface area (Å²) in [5.74, 6) is -4.83. The molecule has 0 aliphatic carbocycles. The molecule has 0 saturated carbocycles. The Hall–Kier alpha value is -5.03. The van der Waals surface area contributed by atoms with Crippen molar-refractivity contribution in [2.24, 2.45) is 16.6 Å². The van der Waals surface area contributed by atoms with E-state index >= 15 is 0 Å². The molecule has 0 spiro atoms. The number of nitrogens with zero attached hydrogens (tertiary/aromatic N) is 3. The zero-order chi connectivity index (χ0) is 32.8. The number of para-hydroxylation sites is 1. The fourth-order valence-electron chi connectivity index (χ4n) is 5.49. The third kappa shape index (κ3) is 7.43. The first-order valence-corrected chi connectivity index (χ1v) is 14.8. The molecule has 1 aromatic heterocycles. The van der Waals surface area contributed by atoms with E-state index in [2.05, 4.69) is 10.3 Å². The number of carbonyl (C=O) groups excluding carboxylic acids is 3. The van der Waals surface area contributed by atoms with Crippen LogP contribution in [0.2, 0.25) is 5.02 Å². The Kier molecular flexibility index (Phi) is 9.81. The first kappa shape index (κ1) is 32.4. The Balaban J connectivity index is 1.60. The number of fused-ring (bicyclic) bond motifs is 1. The molecule has 12 heteroatoms. The van der Waals surface area contributed by atoms with Gasteiger partial charge in [0.25, 0.3) is 5.91 Å². The quantitative estimate of drug-likeness (QED) is 0.210. The van der Waals surface area contributed by atoms with E-state index in [9.17, 15) is 27.6 Å². The first-order valence-electron chi connectivity index (χ1n) is 14.4. The summed E-state index contributed by atoms with van der Waals surface area (Å²) in [7, 11) is 0. The molecule has 3 N–H and O–H groups in total. The Morgan fingerprint density at radius 3 is 2.22 bits per heavy atom. The van der Waals surface area contributed by atoms with Gasteiger partial charge in [0.05, 0.1) is 28.3 Å². The molecular weight excluding hydrogens is 619 g/mol. The largest absolute Gasteiger partial charge is 0.389 e. The summed E-state index contributed by atoms with van der Waals surface area (Å²) in [6, 6.07) is 27.2. The van der Waals surface area contributed by atoms with Crippen molar-refractivity contribution in [1.29, 1.82) is 0 Å². The van der Waals surface area contributed by atoms with Gasteiger partial charge in [-0.2, -0.15) is 13.2 Å². The fourth-order valence-corrected chi connectivity index (χ4v) is 5.60. The van der Waals surface area contributed by atoms with Crippen molar-refractivity contribution in [3.63, 3.8) is 0 Å². The normalized spacial score (nSPS) is 16.1. The average molecular weight is 648 g/mol. The Bertz CT molecular complexity index is 1730. The second-order valence-corrected chi connectivity index (χ2v) is 11.1. The van der Waals surface area contributed by atoms with E-state index in [0.717, 1.165) is 0 Å². The molecule has 236 valence electrons. The van der Waals surface area contributed by atoms with Gasteiger partial charge in [-0.05, 0) is 36.6 Å². The predicted octanol–water partition coefficient (Wildman–Crippen LogP) is 6.31. The summed E-state index contributed by atoms with van der Waals surface area (Å²) in [6.07, 6.45) is -6.59. The summed E-state index contributed by atoms with van der Waals surface area (Å²) >= 11 is 6.08. The smallest absolute Gasteiger partial charge is 0.369 e. The third-order valence-corrected chi connectivity index (χ3v) is 7.78. The van der Waals surface area contributed by atoms with E-state index in [1.807, 2.05) is 6.07 Å². The lowest BCUT2D eigenvalue weighted by Gasteiger charge is -2.28. The average Bonchev–Trinajstić information content (AvgIpc) is 3.15. The molecule has 0 unspecified atom stereocenters. The number of nitrogens with one attached hydrogen (secondary N) is 1. The van der Waals surface area contributed by atoms with E-state index in [-0.39, 0.29) is 12.2 Å². The molecule has 3 atom stereocenters. The van der Waals surface area contributed by atoms with Crippen molar-refractivity contribution >= 4 is 46.5 Å². The van der Waals surface area contributed by atoms with E-state index in [1.165, 1.54) is 11.1 Å². The number of benzodiazepines with no additional fused rings is 1. The molecule has 2 heterocycles. The number of alkyl halides is 3. The summed E-state index contributed by atoms with van der Waals surface area (Å²) in [6.45, 7) is 0. The first-order chi connectivity index (χ1) is 22.0. The highest BCUT2D eigenvalue weighted by molar-refractivity contribution is 6.30. The number of pyridine rings is 1. The van der Waals surface area contributed by atoms with Gasteiger partial charge in [-0.25, -0.2) is 9.98 Å². The molecule has 46 heavy (non-hydrogen) atoms. The number of halogens is 4. The van der Waals surface area contributed by atoms with Crippen LogP contribution in [0.1, 0.15) is 41.9 Å². The van der Waals surface area contributed by atoms with Crippen LogP contribution in [0.15, 0.2) is 108 Å². The van der Waals surface area contributed by atoms with Crippen molar-refractivity contribution < 1.29 is 27.6 Å². The number of hydrogen-bond acceptors (Lipinski definition) is 5. The van der Waals surface area contributed by atoms with Crippen molar-refractivity contribution in [3.05, 3.63) is 125 Å². The number of nitrogens with two attached hydrogens (primary N) is 1. The van der Waals surface area contributed by atoms with Crippen LogP contribution in [0.25, 0.3) is 0 Å². The van der Waals surface area contributed by atoms with Crippen LogP contribution in [-0.2, 0) is 14.4 Å². The number of primary amides is 1. The molecule has 8 nitrogen and oxygen atoms in total. The zero-order valence-corrected chi connectivity index (χ0v) is 25.1. The Labute approximate surface area is 268 Å². The maximum Gasteiger partial charge on any atom is 0.389 e. The van der Waals surface area contributed by atoms with Crippen LogP contribution in [0.5, 0.6) is 0 Å². The summed E-state index contributed by atoms with van der Waals surface area (Å²) in [5, 5.41) is 2.99. The van der Waals surface area contributed by atoms with Gasteiger partial charge in [-0.3, -0.25) is 19.3 Å². The molecule has 0 saturated heterocycles. The van der Waals surface area contributed by atoms with Crippen LogP contribution in [0.4, 0.5) is 24.7 Å². The second-order valence-electron chi connectivity index (χ2n) is 10.7. The van der Waals surface area contributed by atoms with Crippen molar-refractivity contribution in [3.8, 4) is 0 Å². The molecule has 1 aliphatic rings. The number of hydrogen-bond donors (Lipinski definition) is 2. The van der Waals surface area contributed by atoms with E-state index in [4.69, 9.17) is 22.3 Å². The molecule has 1 aliphatic heterocycles. The zero-order valence-electron chi connectivity index (χ0n) is 24.3. The van der Waals surface area contributed by atoms with Crippen LogP contribution in [-0.4, -0.2) is 40.8 Å². The lowest BCUT2D eigenvalue weighted by molar-refractivity contribution is -0.139. The topological polar surface area (TPSA) is 118 Å². The highest BCUT2D eigenvalue weighted by Crippen LogP contribution is 2.35. The van der Waals surface area contributed by atoms with E-state index in [1.54, 1.807) is 91.0 Å². The number of aromatic nitrogens is 1. The number of anilines is 2. The predicted molar refractivity (Wildman–Crippen MR) is 169 cm³/mol. The fraction of sp³-hybridized carbons (Fsp3) is 0.206. The molecular formula is C34H29ClF3N5O3. The number of rotatable bonds is 10. The SMILES string of the molecule is NC(=O)[C@@H](c1ccccc1)[C@@H](CCCC(F)(F)F)C(=O)N[C@H]1N=C(c2ccccc2)c2ccccc2N(c2ccc(Cl)cn2)C1=O. The lowest BCUT2D eigenvalue weighted by atomic mass is 9.81. The van der Waals surface area contributed by atoms with Crippen LogP contribution in [0.3, 0.4) is 0 Å². The molecule has 5 rings (SSSR count). The summed E-state index contributed by atoms with van der Waals surface area (Å²) < 4.78 is 39.4. The minimum absolute atomic E-state index is 0.201. The Morgan fingerprint density at radius 1 is 0.935 bits per heavy atom. The monoisotopic (exact) mass is 647 g/mol. The number of benzene rings is 3. The van der Waals surface area contributed by atoms with Gasteiger partial charge in [0.15, 0.2) is 0 Å². The van der Waals surface area contributed by atoms with E-state index < -0.39 is 54.7 Å². The van der Waals surface area contributed by atoms with E-state index in [0.29, 0.717) is 33.1 Å². The van der Waals surface area contributed by atoms with Crippen molar-refractivity contribution in [1.82, 2.24) is 10.3 Å². The summed E-state index contributed by atoms with van der Waals surface area (Å²) in [4.78, 5) is 51.5. The van der Waals surface area contributed by atoms with Crippen LogP contribution >= 0.6 is 11.6 Å². The van der Waals surface area contributed by atoms with Gasteiger partial charge >= 0.3 is 6.18 Å². The molecule has 0 fully saturated rings. The molecule has 4 aromatic rings. The van der Waals surface area contributed by atoms with Gasteiger partial charge < -0.3 is 11.1 Å². The second kappa shape index (κ2) is 13.9. The van der Waals surface area contributed by atoms with Crippen LogP contribution in [0, 0.1) is 5.92 Å². The number of carbonyl (C=O) groups is 3. The Morgan fingerprint density at radius 2 is 1.59 bits per heavy atom. The standard InChI is InChI=1S/C34H29ClF3N5O3/c35-23-17-18-27(40-20-23)43-26-16-8-7-14-24(26)29(22-12-5-2-6-13-22)41-31(33(43)46)42-32(45)25(15-9-19-34(36,37)38)28(30(39)44)21-10-3-1-4-11-21/h1-8,10-14,16-18,20,25,28,31H,9,15,19H2,(H2,39,44)(H,42,45)/t25-,28+,31-/m1/s1. The number of amides is 3. The van der Waals surface area contributed by atoms with Crippen molar-refractivity contribution in [2.45, 2.75) is 37.5 Å². The van der Waals surface area contributed by atoms with Gasteiger partial charge in [0.2, 0.25) is 18.0 Å². The van der Waals surface area contributed by atoms with Crippen molar-refractivity contribution in [2.75, 3.05) is 4.90 Å². The number of aliphatic imine (C=N–C) groups is 1. The minimum atomic E-state index is -4.47. The van der Waals surface area contributed by atoms with Gasteiger partial charge in [-0.15, -0.1) is 0 Å². The third-order valence-electron chi connectivity index (χ3n) is 7.56. The highest BCUT2D eigenvalue weighted by atomic mass is 35.5. The highest BCUT2D eigenvalue weighted by Gasteiger charge is 2.39.